The molecule has 0 aliphatic rings. The van der Waals surface area contributed by atoms with Gasteiger partial charge in [-0.05, 0) is 37.0 Å². The number of hydrogen-bond donors (Lipinski definition) is 1. The molecule has 1 N–H and O–H groups in total. The van der Waals surface area contributed by atoms with Crippen LogP contribution in [0.25, 0.3) is 16.5 Å². The molecule has 164 valence electrons. The number of halogens is 1. The van der Waals surface area contributed by atoms with Crippen LogP contribution in [0.15, 0.2) is 34.4 Å². The van der Waals surface area contributed by atoms with E-state index in [-0.39, 0.29) is 30.0 Å². The van der Waals surface area contributed by atoms with Crippen LogP contribution < -0.4 is 10.9 Å². The van der Waals surface area contributed by atoms with E-state index in [2.05, 4.69) is 24.3 Å². The molecule has 3 rings (SSSR count). The number of nitrogens with one attached hydrogen (secondary N) is 1. The average Bonchev–Trinajstić information content (AvgIpc) is 3.16. The molecule has 0 fully saturated rings. The third-order valence-corrected chi connectivity index (χ3v) is 5.88. The largest absolute Gasteiger partial charge is 0.461 e. The van der Waals surface area contributed by atoms with E-state index in [0.29, 0.717) is 34.3 Å². The van der Waals surface area contributed by atoms with Gasteiger partial charge >= 0.3 is 5.97 Å². The maximum Gasteiger partial charge on any atom is 0.359 e. The van der Waals surface area contributed by atoms with Crippen LogP contribution in [0.5, 0.6) is 0 Å². The minimum Gasteiger partial charge on any atom is -0.461 e. The van der Waals surface area contributed by atoms with Gasteiger partial charge in [-0.3, -0.25) is 9.59 Å². The molecule has 0 saturated heterocycles. The predicted molar refractivity (Wildman–Crippen MR) is 124 cm³/mol. The van der Waals surface area contributed by atoms with Crippen LogP contribution in [0, 0.1) is 0 Å². The summed E-state index contributed by atoms with van der Waals surface area (Å²) in [5.74, 6) is -0.165. The second-order valence-electron chi connectivity index (χ2n) is 7.23. The maximum absolute atomic E-state index is 13.3. The summed E-state index contributed by atoms with van der Waals surface area (Å²) in [6.45, 7) is 6.03. The lowest BCUT2D eigenvalue weighted by Crippen LogP contribution is -2.25. The first-order valence-corrected chi connectivity index (χ1v) is 11.5. The lowest BCUT2D eigenvalue weighted by atomic mass is 10.0. The summed E-state index contributed by atoms with van der Waals surface area (Å²) in [4.78, 5) is 38.1. The fourth-order valence-electron chi connectivity index (χ4n) is 3.08. The number of anilines is 1. The first kappa shape index (κ1) is 23.0. The molecule has 0 unspecified atom stereocenters. The van der Waals surface area contributed by atoms with Crippen LogP contribution in [0.2, 0.25) is 0 Å². The summed E-state index contributed by atoms with van der Waals surface area (Å²) < 4.78 is 6.33. The minimum atomic E-state index is -0.627. The molecule has 1 amide bonds. The summed E-state index contributed by atoms with van der Waals surface area (Å²) in [5.41, 5.74) is 1.25. The number of amides is 1. The lowest BCUT2D eigenvalue weighted by Gasteiger charge is -2.11. The van der Waals surface area contributed by atoms with Gasteiger partial charge in [-0.1, -0.05) is 26.0 Å². The van der Waals surface area contributed by atoms with Crippen molar-refractivity contribution in [2.24, 2.45) is 0 Å². The van der Waals surface area contributed by atoms with Crippen molar-refractivity contribution < 1.29 is 14.3 Å². The third kappa shape index (κ3) is 4.97. The van der Waals surface area contributed by atoms with Crippen molar-refractivity contribution in [3.05, 3.63) is 51.3 Å². The molecule has 0 atom stereocenters. The second kappa shape index (κ2) is 10.1. The molecule has 3 aromatic rings. The summed E-state index contributed by atoms with van der Waals surface area (Å²) in [7, 11) is 0. The summed E-state index contributed by atoms with van der Waals surface area (Å²) >= 11 is 6.83. The normalized spacial score (nSPS) is 11.1. The van der Waals surface area contributed by atoms with Crippen molar-refractivity contribution in [2.45, 2.75) is 39.5 Å². The van der Waals surface area contributed by atoms with Gasteiger partial charge in [0.25, 0.3) is 5.56 Å². The fraction of sp³-hybridized carbons (Fsp3) is 0.364. The zero-order valence-electron chi connectivity index (χ0n) is 17.6. The Bertz CT molecular complexity index is 1150. The molecule has 0 aliphatic heterocycles. The molecular formula is C22H24ClN3O4S. The number of alkyl halides is 1. The van der Waals surface area contributed by atoms with Gasteiger partial charge in [0.05, 0.1) is 17.7 Å². The molecule has 7 nitrogen and oxygen atoms in total. The second-order valence-corrected chi connectivity index (χ2v) is 8.48. The van der Waals surface area contributed by atoms with E-state index < -0.39 is 11.5 Å². The molecule has 1 aromatic carbocycles. The van der Waals surface area contributed by atoms with Crippen molar-refractivity contribution in [1.82, 2.24) is 9.78 Å². The molecule has 2 aromatic heterocycles. The molecule has 0 saturated carbocycles. The van der Waals surface area contributed by atoms with Crippen LogP contribution in [0.4, 0.5) is 5.00 Å². The Kier molecular flexibility index (Phi) is 7.46. The van der Waals surface area contributed by atoms with Gasteiger partial charge in [0.1, 0.15) is 5.00 Å². The first-order valence-electron chi connectivity index (χ1n) is 10.0. The standard InChI is InChI=1S/C22H24ClN3O4S/c1-4-30-22(29)19-16-12-31-20(24-17(27)6-5-11-23)18(16)21(28)26(25-19)15-9-7-14(8-10-15)13(2)3/h7-10,12-13H,4-6,11H2,1-3H3,(H,24,27). The molecule has 31 heavy (non-hydrogen) atoms. The molecular weight excluding hydrogens is 438 g/mol. The Morgan fingerprint density at radius 2 is 1.97 bits per heavy atom. The smallest absolute Gasteiger partial charge is 0.359 e. The van der Waals surface area contributed by atoms with Crippen molar-refractivity contribution in [3.8, 4) is 5.69 Å². The van der Waals surface area contributed by atoms with E-state index in [4.69, 9.17) is 16.3 Å². The molecule has 2 heterocycles. The van der Waals surface area contributed by atoms with Crippen molar-refractivity contribution in [3.63, 3.8) is 0 Å². The van der Waals surface area contributed by atoms with Gasteiger partial charge in [0, 0.05) is 23.1 Å². The quantitative estimate of drug-likeness (QED) is 0.387. The van der Waals surface area contributed by atoms with Crippen LogP contribution in [0.1, 0.15) is 55.6 Å². The number of aromatic nitrogens is 2. The Morgan fingerprint density at radius 3 is 2.58 bits per heavy atom. The third-order valence-electron chi connectivity index (χ3n) is 4.72. The number of hydrogen-bond acceptors (Lipinski definition) is 6. The molecule has 0 bridgehead atoms. The summed E-state index contributed by atoms with van der Waals surface area (Å²) in [6, 6.07) is 7.42. The number of carbonyl (C=O) groups excluding carboxylic acids is 2. The van der Waals surface area contributed by atoms with Crippen LogP contribution in [-0.4, -0.2) is 34.1 Å². The number of carbonyl (C=O) groups is 2. The number of rotatable bonds is 8. The van der Waals surface area contributed by atoms with E-state index in [1.54, 1.807) is 24.4 Å². The highest BCUT2D eigenvalue weighted by Gasteiger charge is 2.23. The first-order chi connectivity index (χ1) is 14.9. The molecule has 0 aliphatic carbocycles. The number of thiophene rings is 1. The van der Waals surface area contributed by atoms with Gasteiger partial charge < -0.3 is 10.1 Å². The highest BCUT2D eigenvalue weighted by atomic mass is 35.5. The lowest BCUT2D eigenvalue weighted by molar-refractivity contribution is -0.116. The minimum absolute atomic E-state index is 0.0295. The Morgan fingerprint density at radius 1 is 1.26 bits per heavy atom. The van der Waals surface area contributed by atoms with Crippen molar-refractivity contribution >= 4 is 50.6 Å². The molecule has 0 spiro atoms. The number of esters is 1. The number of nitrogens with zero attached hydrogens (tertiary/aromatic N) is 2. The summed E-state index contributed by atoms with van der Waals surface area (Å²) in [5, 5.41) is 9.68. The van der Waals surface area contributed by atoms with E-state index in [1.807, 2.05) is 12.1 Å². The van der Waals surface area contributed by atoms with Gasteiger partial charge in [-0.25, -0.2) is 4.79 Å². The van der Waals surface area contributed by atoms with Gasteiger partial charge in [0.2, 0.25) is 5.91 Å². The highest BCUT2D eigenvalue weighted by Crippen LogP contribution is 2.31. The van der Waals surface area contributed by atoms with E-state index in [0.717, 1.165) is 5.56 Å². The fourth-order valence-corrected chi connectivity index (χ4v) is 4.17. The van der Waals surface area contributed by atoms with Crippen molar-refractivity contribution in [2.75, 3.05) is 17.8 Å². The van der Waals surface area contributed by atoms with E-state index >= 15 is 0 Å². The number of fused-ring (bicyclic) bond motifs is 1. The average molecular weight is 462 g/mol. The zero-order chi connectivity index (χ0) is 22.5. The van der Waals surface area contributed by atoms with Crippen LogP contribution in [-0.2, 0) is 9.53 Å². The highest BCUT2D eigenvalue weighted by molar-refractivity contribution is 7.16. The molecule has 0 radical (unpaired) electrons. The van der Waals surface area contributed by atoms with Crippen LogP contribution in [0.3, 0.4) is 0 Å². The molecule has 9 heteroatoms. The monoisotopic (exact) mass is 461 g/mol. The number of ether oxygens (including phenoxy) is 1. The number of benzene rings is 1. The Hall–Kier alpha value is -2.71. The summed E-state index contributed by atoms with van der Waals surface area (Å²) in [6.07, 6.45) is 0.766. The predicted octanol–water partition coefficient (Wildman–Crippen LogP) is 4.70. The van der Waals surface area contributed by atoms with Crippen molar-refractivity contribution in [1.29, 1.82) is 0 Å². The maximum atomic E-state index is 13.3. The zero-order valence-corrected chi connectivity index (χ0v) is 19.2. The van der Waals surface area contributed by atoms with E-state index in [9.17, 15) is 14.4 Å². The van der Waals surface area contributed by atoms with Gasteiger partial charge in [-0.15, -0.1) is 22.9 Å². The Balaban J connectivity index is 2.16. The van der Waals surface area contributed by atoms with Gasteiger partial charge in [0.15, 0.2) is 5.69 Å². The SMILES string of the molecule is CCOC(=O)c1nn(-c2ccc(C(C)C)cc2)c(=O)c2c(NC(=O)CCCCl)scc12. The van der Waals surface area contributed by atoms with E-state index in [1.165, 1.54) is 16.0 Å². The Labute approximate surface area is 189 Å². The van der Waals surface area contributed by atoms with Crippen LogP contribution >= 0.6 is 22.9 Å². The topological polar surface area (TPSA) is 90.3 Å². The van der Waals surface area contributed by atoms with Gasteiger partial charge in [-0.2, -0.15) is 9.78 Å².